The normalized spacial score (nSPS) is 23.4. The highest BCUT2D eigenvalue weighted by molar-refractivity contribution is 7.92. The van der Waals surface area contributed by atoms with Gasteiger partial charge in [-0.25, -0.2) is 8.42 Å². The lowest BCUT2D eigenvalue weighted by atomic mass is 10.2. The molecule has 0 saturated carbocycles. The van der Waals surface area contributed by atoms with Crippen molar-refractivity contribution in [2.45, 2.75) is 24.6 Å². The molecule has 2 heterocycles. The maximum Gasteiger partial charge on any atom is 0.251 e. The number of hydrogen-bond acceptors (Lipinski definition) is 4. The molecule has 1 fully saturated rings. The molecule has 0 amide bonds. The Labute approximate surface area is 98.0 Å². The highest BCUT2D eigenvalue weighted by atomic mass is 32.2. The maximum absolute atomic E-state index is 11.6. The highest BCUT2D eigenvalue weighted by Gasteiger charge is 2.31. The molecule has 7 heteroatoms. The number of sulfone groups is 1. The largest absolute Gasteiger partial charge is 0.324 e. The minimum atomic E-state index is -2.97. The molecule has 1 unspecified atom stereocenters. The first kappa shape index (κ1) is 11.5. The lowest BCUT2D eigenvalue weighted by Gasteiger charge is -2.11. The predicted molar refractivity (Wildman–Crippen MR) is 62.7 cm³/mol. The van der Waals surface area contributed by atoms with Gasteiger partial charge in [0, 0.05) is 18.8 Å². The van der Waals surface area contributed by atoms with Crippen LogP contribution in [0, 0.1) is 4.77 Å². The molecule has 1 aromatic heterocycles. The first-order chi connectivity index (χ1) is 7.49. The van der Waals surface area contributed by atoms with Crippen LogP contribution in [0.2, 0.25) is 0 Å². The minimum absolute atomic E-state index is 0.258. The fraction of sp³-hybridized carbons (Fsp3) is 0.556. The Bertz CT molecular complexity index is 600. The van der Waals surface area contributed by atoms with Gasteiger partial charge in [0.25, 0.3) is 5.56 Å². The summed E-state index contributed by atoms with van der Waals surface area (Å²) in [4.78, 5) is 13.4. The van der Waals surface area contributed by atoms with E-state index >= 15 is 0 Å². The van der Waals surface area contributed by atoms with Crippen molar-refractivity contribution in [1.29, 1.82) is 0 Å². The van der Waals surface area contributed by atoms with Crippen LogP contribution in [0.5, 0.6) is 0 Å². The third kappa shape index (κ3) is 2.25. The van der Waals surface area contributed by atoms with E-state index in [1.807, 2.05) is 0 Å². The Morgan fingerprint density at radius 1 is 1.56 bits per heavy atom. The lowest BCUT2D eigenvalue weighted by Crippen LogP contribution is -2.24. The zero-order valence-corrected chi connectivity index (χ0v) is 10.2. The van der Waals surface area contributed by atoms with Crippen molar-refractivity contribution in [2.75, 3.05) is 5.75 Å². The van der Waals surface area contributed by atoms with Crippen LogP contribution in [0.25, 0.3) is 0 Å². The van der Waals surface area contributed by atoms with Crippen LogP contribution in [0.15, 0.2) is 17.1 Å². The van der Waals surface area contributed by atoms with Crippen molar-refractivity contribution >= 4 is 22.1 Å². The second-order valence-electron chi connectivity index (χ2n) is 3.89. The van der Waals surface area contributed by atoms with E-state index < -0.39 is 9.84 Å². The second kappa shape index (κ2) is 4.14. The molecule has 1 saturated heterocycles. The highest BCUT2D eigenvalue weighted by Crippen LogP contribution is 2.21. The molecule has 5 nitrogen and oxygen atoms in total. The summed E-state index contributed by atoms with van der Waals surface area (Å²) in [6.07, 6.45) is 2.92. The van der Waals surface area contributed by atoms with Gasteiger partial charge in [-0.2, -0.15) is 0 Å². The third-order valence-electron chi connectivity index (χ3n) is 2.76. The van der Waals surface area contributed by atoms with Gasteiger partial charge in [-0.1, -0.05) is 0 Å². The molecular formula is C9H12N2O3S2. The molecule has 88 valence electrons. The Balaban J connectivity index is 2.28. The van der Waals surface area contributed by atoms with Crippen LogP contribution in [0.1, 0.15) is 12.8 Å². The quantitative estimate of drug-likeness (QED) is 0.785. The number of H-pyrrole nitrogens is 1. The monoisotopic (exact) mass is 260 g/mol. The minimum Gasteiger partial charge on any atom is -0.324 e. The number of aromatic nitrogens is 2. The third-order valence-corrected chi connectivity index (χ3v) is 5.35. The first-order valence-corrected chi connectivity index (χ1v) is 7.13. The van der Waals surface area contributed by atoms with E-state index in [4.69, 9.17) is 12.2 Å². The summed E-state index contributed by atoms with van der Waals surface area (Å²) in [6, 6.07) is 1.34. The Morgan fingerprint density at radius 3 is 2.88 bits per heavy atom. The maximum atomic E-state index is 11.6. The SMILES string of the molecule is O=c1ccn(CC2CCCS2(=O)=O)c(=S)[nH]1. The molecule has 0 aliphatic carbocycles. The number of rotatable bonds is 2. The average molecular weight is 260 g/mol. The number of hydrogen-bond donors (Lipinski definition) is 1. The zero-order chi connectivity index (χ0) is 11.8. The average Bonchev–Trinajstić information content (AvgIpc) is 2.50. The molecule has 1 aliphatic heterocycles. The summed E-state index contributed by atoms with van der Waals surface area (Å²) in [6.45, 7) is 0.331. The molecule has 1 atom stereocenters. The van der Waals surface area contributed by atoms with Crippen LogP contribution in [0.4, 0.5) is 0 Å². The molecule has 0 radical (unpaired) electrons. The van der Waals surface area contributed by atoms with Gasteiger partial charge in [0.2, 0.25) is 0 Å². The van der Waals surface area contributed by atoms with Crippen molar-refractivity contribution in [2.24, 2.45) is 0 Å². The fourth-order valence-electron chi connectivity index (χ4n) is 1.87. The van der Waals surface area contributed by atoms with E-state index in [0.29, 0.717) is 19.4 Å². The van der Waals surface area contributed by atoms with Gasteiger partial charge in [0.1, 0.15) is 0 Å². The summed E-state index contributed by atoms with van der Waals surface area (Å²) in [7, 11) is -2.97. The van der Waals surface area contributed by atoms with E-state index in [0.717, 1.165) is 0 Å². The van der Waals surface area contributed by atoms with E-state index in [1.54, 1.807) is 4.57 Å². The molecule has 1 aliphatic rings. The van der Waals surface area contributed by atoms with Crippen LogP contribution in [0.3, 0.4) is 0 Å². The smallest absolute Gasteiger partial charge is 0.251 e. The molecule has 0 aromatic carbocycles. The fourth-order valence-corrected chi connectivity index (χ4v) is 3.92. The van der Waals surface area contributed by atoms with Crippen molar-refractivity contribution in [1.82, 2.24) is 9.55 Å². The summed E-state index contributed by atoms with van der Waals surface area (Å²) in [5, 5.41) is -0.370. The summed E-state index contributed by atoms with van der Waals surface area (Å²) in [5.74, 6) is 0.258. The van der Waals surface area contributed by atoms with Gasteiger partial charge >= 0.3 is 0 Å². The van der Waals surface area contributed by atoms with Gasteiger partial charge in [0.15, 0.2) is 14.6 Å². The summed E-state index contributed by atoms with van der Waals surface area (Å²) < 4.78 is 25.1. The van der Waals surface area contributed by atoms with Gasteiger partial charge in [-0.05, 0) is 25.1 Å². The van der Waals surface area contributed by atoms with Crippen molar-refractivity contribution in [3.05, 3.63) is 27.4 Å². The summed E-state index contributed by atoms with van der Waals surface area (Å²) in [5.41, 5.74) is -0.268. The van der Waals surface area contributed by atoms with Crippen LogP contribution in [-0.4, -0.2) is 29.0 Å². The standard InChI is InChI=1S/C9H12N2O3S2/c12-8-3-4-11(9(15)10-8)6-7-2-1-5-16(7,13)14/h3-4,7H,1-2,5-6H2,(H,10,12,15). The molecule has 16 heavy (non-hydrogen) atoms. The van der Waals surface area contributed by atoms with E-state index in [9.17, 15) is 13.2 Å². The number of nitrogens with one attached hydrogen (secondary N) is 1. The zero-order valence-electron chi connectivity index (χ0n) is 8.55. The molecule has 2 rings (SSSR count). The van der Waals surface area contributed by atoms with Gasteiger partial charge < -0.3 is 4.57 Å². The number of nitrogens with zero attached hydrogens (tertiary/aromatic N) is 1. The van der Waals surface area contributed by atoms with Crippen molar-refractivity contribution < 1.29 is 8.42 Å². The first-order valence-electron chi connectivity index (χ1n) is 5.00. The Hall–Kier alpha value is -0.950. The number of aromatic amines is 1. The molecular weight excluding hydrogens is 248 g/mol. The van der Waals surface area contributed by atoms with Crippen LogP contribution < -0.4 is 5.56 Å². The molecule has 0 spiro atoms. The van der Waals surface area contributed by atoms with E-state index in [-0.39, 0.29) is 21.3 Å². The van der Waals surface area contributed by atoms with Crippen LogP contribution in [-0.2, 0) is 16.4 Å². The summed E-state index contributed by atoms with van der Waals surface area (Å²) >= 11 is 4.96. The van der Waals surface area contributed by atoms with Gasteiger partial charge in [0.05, 0.1) is 11.0 Å². The van der Waals surface area contributed by atoms with E-state index in [2.05, 4.69) is 4.98 Å². The van der Waals surface area contributed by atoms with Crippen molar-refractivity contribution in [3.8, 4) is 0 Å². The van der Waals surface area contributed by atoms with Gasteiger partial charge in [-0.3, -0.25) is 9.78 Å². The Kier molecular flexibility index (Phi) is 2.98. The molecule has 1 aromatic rings. The Morgan fingerprint density at radius 2 is 2.31 bits per heavy atom. The molecule has 0 bridgehead atoms. The van der Waals surface area contributed by atoms with Crippen molar-refractivity contribution in [3.63, 3.8) is 0 Å². The van der Waals surface area contributed by atoms with Gasteiger partial charge in [-0.15, -0.1) is 0 Å². The predicted octanol–water partition coefficient (Wildman–Crippen LogP) is 0.483. The lowest BCUT2D eigenvalue weighted by molar-refractivity contribution is 0.559. The molecule has 1 N–H and O–H groups in total. The second-order valence-corrected chi connectivity index (χ2v) is 6.68. The van der Waals surface area contributed by atoms with E-state index in [1.165, 1.54) is 12.3 Å². The van der Waals surface area contributed by atoms with Crippen LogP contribution >= 0.6 is 12.2 Å². The topological polar surface area (TPSA) is 71.9 Å².